The maximum Gasteiger partial charge on any atom is 0.0485 e. The number of benzene rings is 1. The number of unbranched alkanes of at least 4 members (excludes halogenated alkanes) is 1. The molecule has 2 N–H and O–H groups in total. The SMILES string of the molecule is CCCCS(=O)Cc1cccc(CN)c1. The van der Waals surface area contributed by atoms with Crippen molar-refractivity contribution in [3.63, 3.8) is 0 Å². The number of nitrogens with two attached hydrogens (primary N) is 1. The van der Waals surface area contributed by atoms with Crippen LogP contribution in [0.15, 0.2) is 24.3 Å². The molecule has 1 unspecified atom stereocenters. The molecule has 1 rings (SSSR count). The van der Waals surface area contributed by atoms with Crippen LogP contribution in [0.4, 0.5) is 0 Å². The van der Waals surface area contributed by atoms with Crippen molar-refractivity contribution < 1.29 is 4.21 Å². The summed E-state index contributed by atoms with van der Waals surface area (Å²) in [5.41, 5.74) is 7.80. The highest BCUT2D eigenvalue weighted by atomic mass is 32.2. The highest BCUT2D eigenvalue weighted by molar-refractivity contribution is 7.84. The van der Waals surface area contributed by atoms with Crippen LogP contribution < -0.4 is 5.73 Å². The van der Waals surface area contributed by atoms with Crippen molar-refractivity contribution in [1.29, 1.82) is 0 Å². The van der Waals surface area contributed by atoms with E-state index in [1.165, 1.54) is 0 Å². The van der Waals surface area contributed by atoms with Crippen molar-refractivity contribution in [3.05, 3.63) is 35.4 Å². The van der Waals surface area contributed by atoms with E-state index < -0.39 is 10.8 Å². The Morgan fingerprint density at radius 1 is 1.33 bits per heavy atom. The zero-order chi connectivity index (χ0) is 11.1. The van der Waals surface area contributed by atoms with Gasteiger partial charge in [0.2, 0.25) is 0 Å². The largest absolute Gasteiger partial charge is 0.326 e. The van der Waals surface area contributed by atoms with Crippen LogP contribution in [0.5, 0.6) is 0 Å². The summed E-state index contributed by atoms with van der Waals surface area (Å²) in [5, 5.41) is 0. The molecular formula is C12H19NOS. The van der Waals surface area contributed by atoms with Gasteiger partial charge in [0, 0.05) is 28.9 Å². The first-order chi connectivity index (χ1) is 7.26. The van der Waals surface area contributed by atoms with Gasteiger partial charge in [0.15, 0.2) is 0 Å². The highest BCUT2D eigenvalue weighted by Gasteiger charge is 2.01. The fourth-order valence-electron chi connectivity index (χ4n) is 1.41. The van der Waals surface area contributed by atoms with Crippen LogP contribution in [-0.2, 0) is 23.1 Å². The molecule has 0 radical (unpaired) electrons. The summed E-state index contributed by atoms with van der Waals surface area (Å²) in [7, 11) is -0.722. The first-order valence-corrected chi connectivity index (χ1v) is 6.88. The van der Waals surface area contributed by atoms with Crippen LogP contribution >= 0.6 is 0 Å². The van der Waals surface area contributed by atoms with Gasteiger partial charge in [-0.1, -0.05) is 37.6 Å². The fourth-order valence-corrected chi connectivity index (χ4v) is 2.72. The third kappa shape index (κ3) is 4.58. The highest BCUT2D eigenvalue weighted by Crippen LogP contribution is 2.08. The molecule has 1 aromatic rings. The first-order valence-electron chi connectivity index (χ1n) is 5.39. The van der Waals surface area contributed by atoms with E-state index in [1.807, 2.05) is 24.3 Å². The molecule has 1 atom stereocenters. The minimum Gasteiger partial charge on any atom is -0.326 e. The Labute approximate surface area is 94.3 Å². The zero-order valence-electron chi connectivity index (χ0n) is 9.24. The minimum absolute atomic E-state index is 0.551. The van der Waals surface area contributed by atoms with Crippen molar-refractivity contribution in [2.24, 2.45) is 5.73 Å². The number of hydrogen-bond donors (Lipinski definition) is 1. The van der Waals surface area contributed by atoms with E-state index in [0.717, 1.165) is 29.7 Å². The third-order valence-corrected chi connectivity index (χ3v) is 3.68. The van der Waals surface area contributed by atoms with E-state index in [-0.39, 0.29) is 0 Å². The van der Waals surface area contributed by atoms with E-state index in [2.05, 4.69) is 6.92 Å². The van der Waals surface area contributed by atoms with E-state index >= 15 is 0 Å². The zero-order valence-corrected chi connectivity index (χ0v) is 10.1. The van der Waals surface area contributed by atoms with Gasteiger partial charge in [-0.3, -0.25) is 4.21 Å². The van der Waals surface area contributed by atoms with Gasteiger partial charge in [0.1, 0.15) is 0 Å². The van der Waals surface area contributed by atoms with Crippen LogP contribution in [0.25, 0.3) is 0 Å². The summed E-state index contributed by atoms with van der Waals surface area (Å²) in [6.07, 6.45) is 2.15. The van der Waals surface area contributed by atoms with Crippen molar-refractivity contribution >= 4 is 10.8 Å². The Balaban J connectivity index is 2.52. The third-order valence-electron chi connectivity index (χ3n) is 2.28. The maximum atomic E-state index is 11.7. The van der Waals surface area contributed by atoms with E-state index in [0.29, 0.717) is 12.3 Å². The molecule has 0 fully saturated rings. The smallest absolute Gasteiger partial charge is 0.0485 e. The topological polar surface area (TPSA) is 43.1 Å². The average molecular weight is 225 g/mol. The second-order valence-corrected chi connectivity index (χ2v) is 5.24. The summed E-state index contributed by atoms with van der Waals surface area (Å²) in [4.78, 5) is 0. The predicted molar refractivity (Wildman–Crippen MR) is 66.0 cm³/mol. The standard InChI is InChI=1S/C12H19NOS/c1-2-3-7-15(14)10-12-6-4-5-11(8-12)9-13/h4-6,8H,2-3,7,9-10,13H2,1H3. The van der Waals surface area contributed by atoms with Gasteiger partial charge in [-0.2, -0.15) is 0 Å². The average Bonchev–Trinajstić information content (AvgIpc) is 2.26. The molecule has 15 heavy (non-hydrogen) atoms. The Morgan fingerprint density at radius 2 is 2.07 bits per heavy atom. The molecule has 0 amide bonds. The van der Waals surface area contributed by atoms with Crippen molar-refractivity contribution in [1.82, 2.24) is 0 Å². The molecule has 1 aromatic carbocycles. The summed E-state index contributed by atoms with van der Waals surface area (Å²) in [6.45, 7) is 2.67. The van der Waals surface area contributed by atoms with Crippen LogP contribution in [0, 0.1) is 0 Å². The second kappa shape index (κ2) is 6.75. The molecule has 0 saturated carbocycles. The minimum atomic E-state index is -0.722. The van der Waals surface area contributed by atoms with Crippen LogP contribution in [0.3, 0.4) is 0 Å². The van der Waals surface area contributed by atoms with Gasteiger partial charge < -0.3 is 5.73 Å². The molecule has 0 bridgehead atoms. The van der Waals surface area contributed by atoms with Gasteiger partial charge in [-0.25, -0.2) is 0 Å². The molecule has 0 aromatic heterocycles. The normalized spacial score (nSPS) is 12.7. The molecule has 0 aliphatic rings. The quantitative estimate of drug-likeness (QED) is 0.806. The van der Waals surface area contributed by atoms with Gasteiger partial charge in [-0.15, -0.1) is 0 Å². The lowest BCUT2D eigenvalue weighted by atomic mass is 10.1. The van der Waals surface area contributed by atoms with Crippen molar-refractivity contribution in [2.45, 2.75) is 32.1 Å². The molecule has 0 aliphatic heterocycles. The van der Waals surface area contributed by atoms with Crippen LogP contribution in [0.1, 0.15) is 30.9 Å². The monoisotopic (exact) mass is 225 g/mol. The fraction of sp³-hybridized carbons (Fsp3) is 0.500. The molecular weight excluding hydrogens is 206 g/mol. The van der Waals surface area contributed by atoms with Gasteiger partial charge in [-0.05, 0) is 17.5 Å². The lowest BCUT2D eigenvalue weighted by Crippen LogP contribution is -2.02. The lowest BCUT2D eigenvalue weighted by molar-refractivity contribution is 0.679. The van der Waals surface area contributed by atoms with Gasteiger partial charge in [0.25, 0.3) is 0 Å². The molecule has 0 spiro atoms. The Kier molecular flexibility index (Phi) is 5.58. The van der Waals surface area contributed by atoms with Gasteiger partial charge >= 0.3 is 0 Å². The summed E-state index contributed by atoms with van der Waals surface area (Å²) < 4.78 is 11.7. The van der Waals surface area contributed by atoms with Crippen LogP contribution in [-0.4, -0.2) is 9.96 Å². The summed E-state index contributed by atoms with van der Waals surface area (Å²) in [6, 6.07) is 8.04. The number of rotatable bonds is 6. The van der Waals surface area contributed by atoms with Crippen molar-refractivity contribution in [3.8, 4) is 0 Å². The Hall–Kier alpha value is -0.670. The molecule has 84 valence electrons. The van der Waals surface area contributed by atoms with Gasteiger partial charge in [0.05, 0.1) is 0 Å². The molecule has 3 heteroatoms. The first kappa shape index (κ1) is 12.4. The van der Waals surface area contributed by atoms with E-state index in [1.54, 1.807) is 0 Å². The van der Waals surface area contributed by atoms with Crippen molar-refractivity contribution in [2.75, 3.05) is 5.75 Å². The lowest BCUT2D eigenvalue weighted by Gasteiger charge is -2.03. The number of hydrogen-bond acceptors (Lipinski definition) is 2. The predicted octanol–water partition coefficient (Wildman–Crippen LogP) is 2.19. The second-order valence-electron chi connectivity index (χ2n) is 3.67. The molecule has 0 saturated heterocycles. The van der Waals surface area contributed by atoms with E-state index in [4.69, 9.17) is 5.73 Å². The Bertz CT molecular complexity index is 325. The molecule has 2 nitrogen and oxygen atoms in total. The van der Waals surface area contributed by atoms with Crippen LogP contribution in [0.2, 0.25) is 0 Å². The maximum absolute atomic E-state index is 11.7. The molecule has 0 heterocycles. The summed E-state index contributed by atoms with van der Waals surface area (Å²) in [5.74, 6) is 1.47. The summed E-state index contributed by atoms with van der Waals surface area (Å²) >= 11 is 0. The molecule has 0 aliphatic carbocycles. The van der Waals surface area contributed by atoms with E-state index in [9.17, 15) is 4.21 Å². The Morgan fingerprint density at radius 3 is 2.73 bits per heavy atom.